The van der Waals surface area contributed by atoms with Gasteiger partial charge in [-0.3, -0.25) is 4.79 Å². The maximum absolute atomic E-state index is 12.5. The first-order valence-electron chi connectivity index (χ1n) is 6.61. The number of nitrogens with zero attached hydrogens (tertiary/aromatic N) is 3. The van der Waals surface area contributed by atoms with E-state index in [0.29, 0.717) is 22.5 Å². The first kappa shape index (κ1) is 14.1. The molecule has 0 bridgehead atoms. The Kier molecular flexibility index (Phi) is 3.99. The summed E-state index contributed by atoms with van der Waals surface area (Å²) in [5.74, 6) is 1.48. The van der Waals surface area contributed by atoms with Gasteiger partial charge in [0.25, 0.3) is 5.91 Å². The van der Waals surface area contributed by atoms with Crippen LogP contribution in [-0.4, -0.2) is 43.0 Å². The number of piperidine rings is 1. The van der Waals surface area contributed by atoms with Crippen LogP contribution in [0.25, 0.3) is 0 Å². The quantitative estimate of drug-likeness (QED) is 0.900. The summed E-state index contributed by atoms with van der Waals surface area (Å²) in [6.45, 7) is 6.02. The Morgan fingerprint density at radius 3 is 2.42 bits per heavy atom. The minimum Gasteiger partial charge on any atom is -0.382 e. The van der Waals surface area contributed by atoms with E-state index in [2.05, 4.69) is 18.8 Å². The number of carbonyl (C=O) groups is 1. The molecule has 0 spiro atoms. The van der Waals surface area contributed by atoms with Crippen LogP contribution < -0.4 is 10.6 Å². The van der Waals surface area contributed by atoms with E-state index < -0.39 is 0 Å². The van der Waals surface area contributed by atoms with Gasteiger partial charge in [0.2, 0.25) is 0 Å². The Hall–Kier alpha value is -1.30. The number of anilines is 2. The summed E-state index contributed by atoms with van der Waals surface area (Å²) < 4.78 is 0. The molecule has 1 aliphatic rings. The molecule has 2 unspecified atom stereocenters. The molecule has 1 aliphatic heterocycles. The predicted octanol–water partition coefficient (Wildman–Crippen LogP) is 1.91. The van der Waals surface area contributed by atoms with E-state index in [1.54, 1.807) is 0 Å². The molecule has 2 heterocycles. The zero-order valence-corrected chi connectivity index (χ0v) is 12.8. The number of rotatable bonds is 2. The molecule has 1 aromatic heterocycles. The lowest BCUT2D eigenvalue weighted by Gasteiger charge is -2.34. The van der Waals surface area contributed by atoms with E-state index in [4.69, 9.17) is 5.73 Å². The van der Waals surface area contributed by atoms with E-state index in [-0.39, 0.29) is 5.91 Å². The Bertz CT molecular complexity index is 461. The highest BCUT2D eigenvalue weighted by Crippen LogP contribution is 2.30. The van der Waals surface area contributed by atoms with Crippen molar-refractivity contribution in [2.24, 2.45) is 11.8 Å². The fraction of sp³-hybridized carbons (Fsp3) is 0.692. The highest BCUT2D eigenvalue weighted by atomic mass is 32.1. The summed E-state index contributed by atoms with van der Waals surface area (Å²) in [7, 11) is 3.80. The van der Waals surface area contributed by atoms with Gasteiger partial charge in [-0.1, -0.05) is 25.2 Å². The van der Waals surface area contributed by atoms with Gasteiger partial charge in [0.1, 0.15) is 10.7 Å². The molecule has 106 valence electrons. The van der Waals surface area contributed by atoms with E-state index in [9.17, 15) is 4.79 Å². The average Bonchev–Trinajstić information content (AvgIpc) is 2.69. The largest absolute Gasteiger partial charge is 0.382 e. The van der Waals surface area contributed by atoms with Crippen molar-refractivity contribution in [1.82, 2.24) is 9.88 Å². The van der Waals surface area contributed by atoms with Gasteiger partial charge >= 0.3 is 0 Å². The Labute approximate surface area is 118 Å². The van der Waals surface area contributed by atoms with Crippen molar-refractivity contribution in [2.45, 2.75) is 20.3 Å². The molecule has 0 aromatic carbocycles. The van der Waals surface area contributed by atoms with Crippen molar-refractivity contribution in [3.8, 4) is 0 Å². The lowest BCUT2D eigenvalue weighted by molar-refractivity contribution is 0.0629. The van der Waals surface area contributed by atoms with Crippen LogP contribution >= 0.6 is 11.3 Å². The van der Waals surface area contributed by atoms with Gasteiger partial charge in [0.15, 0.2) is 5.13 Å². The Morgan fingerprint density at radius 1 is 1.37 bits per heavy atom. The van der Waals surface area contributed by atoms with Crippen molar-refractivity contribution in [2.75, 3.05) is 37.8 Å². The summed E-state index contributed by atoms with van der Waals surface area (Å²) in [6.07, 6.45) is 1.19. The molecule has 5 nitrogen and oxygen atoms in total. The van der Waals surface area contributed by atoms with E-state index in [1.807, 2.05) is 23.9 Å². The smallest absolute Gasteiger partial charge is 0.267 e. The van der Waals surface area contributed by atoms with Crippen molar-refractivity contribution in [1.29, 1.82) is 0 Å². The number of hydrogen-bond donors (Lipinski definition) is 1. The Balaban J connectivity index is 2.19. The second-order valence-electron chi connectivity index (χ2n) is 5.76. The fourth-order valence-corrected chi connectivity index (χ4v) is 3.51. The first-order chi connectivity index (χ1) is 8.88. The molecule has 1 saturated heterocycles. The molecule has 2 rings (SSSR count). The standard InChI is InChI=1S/C13H22N4OS/c1-8-5-9(2)7-17(6-8)12(18)10-11(14)15-13(19-10)16(3)4/h8-9H,5-7,14H2,1-4H3. The summed E-state index contributed by atoms with van der Waals surface area (Å²) >= 11 is 1.37. The van der Waals surface area contributed by atoms with Gasteiger partial charge in [0.05, 0.1) is 0 Å². The molecule has 0 radical (unpaired) electrons. The van der Waals surface area contributed by atoms with Crippen LogP contribution in [-0.2, 0) is 0 Å². The van der Waals surface area contributed by atoms with Crippen LogP contribution in [0, 0.1) is 11.8 Å². The SMILES string of the molecule is CC1CC(C)CN(C(=O)c2sc(N(C)C)nc2N)C1. The third-order valence-electron chi connectivity index (χ3n) is 3.37. The number of thiazole rings is 1. The van der Waals surface area contributed by atoms with Gasteiger partial charge in [-0.2, -0.15) is 0 Å². The van der Waals surface area contributed by atoms with Crippen LogP contribution in [0.15, 0.2) is 0 Å². The molecular weight excluding hydrogens is 260 g/mol. The average molecular weight is 282 g/mol. The second kappa shape index (κ2) is 5.36. The van der Waals surface area contributed by atoms with Crippen LogP contribution in [0.1, 0.15) is 29.9 Å². The van der Waals surface area contributed by atoms with E-state index in [1.165, 1.54) is 17.8 Å². The topological polar surface area (TPSA) is 62.5 Å². The van der Waals surface area contributed by atoms with Crippen LogP contribution in [0.2, 0.25) is 0 Å². The normalized spacial score (nSPS) is 23.5. The molecule has 2 N–H and O–H groups in total. The van der Waals surface area contributed by atoms with Gasteiger partial charge in [-0.05, 0) is 18.3 Å². The van der Waals surface area contributed by atoms with Crippen molar-refractivity contribution in [3.05, 3.63) is 4.88 Å². The molecular formula is C13H22N4OS. The summed E-state index contributed by atoms with van der Waals surface area (Å²) in [5.41, 5.74) is 5.88. The summed E-state index contributed by atoms with van der Waals surface area (Å²) in [6, 6.07) is 0. The zero-order valence-electron chi connectivity index (χ0n) is 12.0. The maximum Gasteiger partial charge on any atom is 0.267 e. The minimum absolute atomic E-state index is 0.0292. The van der Waals surface area contributed by atoms with E-state index >= 15 is 0 Å². The van der Waals surface area contributed by atoms with Crippen LogP contribution in [0.5, 0.6) is 0 Å². The van der Waals surface area contributed by atoms with Gasteiger partial charge in [-0.25, -0.2) is 4.98 Å². The molecule has 19 heavy (non-hydrogen) atoms. The number of nitrogens with two attached hydrogens (primary N) is 1. The maximum atomic E-state index is 12.5. The van der Waals surface area contributed by atoms with Crippen molar-refractivity contribution in [3.63, 3.8) is 0 Å². The summed E-state index contributed by atoms with van der Waals surface area (Å²) in [4.78, 5) is 21.2. The third kappa shape index (κ3) is 3.00. The molecule has 1 fully saturated rings. The minimum atomic E-state index is 0.0292. The predicted molar refractivity (Wildman–Crippen MR) is 79.7 cm³/mol. The number of nitrogen functional groups attached to an aromatic ring is 1. The molecule has 1 aromatic rings. The lowest BCUT2D eigenvalue weighted by Crippen LogP contribution is -2.42. The molecule has 1 amide bonds. The Morgan fingerprint density at radius 2 is 1.95 bits per heavy atom. The highest BCUT2D eigenvalue weighted by molar-refractivity contribution is 7.18. The van der Waals surface area contributed by atoms with Gasteiger partial charge in [0, 0.05) is 27.2 Å². The highest BCUT2D eigenvalue weighted by Gasteiger charge is 2.29. The third-order valence-corrected chi connectivity index (χ3v) is 4.60. The number of carbonyl (C=O) groups excluding carboxylic acids is 1. The number of amides is 1. The molecule has 0 saturated carbocycles. The number of hydrogen-bond acceptors (Lipinski definition) is 5. The molecule has 2 atom stereocenters. The summed E-state index contributed by atoms with van der Waals surface area (Å²) in [5, 5.41) is 0.777. The molecule has 6 heteroatoms. The van der Waals surface area contributed by atoms with E-state index in [0.717, 1.165) is 18.2 Å². The van der Waals surface area contributed by atoms with Gasteiger partial charge in [-0.15, -0.1) is 0 Å². The molecule has 0 aliphatic carbocycles. The first-order valence-corrected chi connectivity index (χ1v) is 7.43. The van der Waals surface area contributed by atoms with Crippen molar-refractivity contribution < 1.29 is 4.79 Å². The second-order valence-corrected chi connectivity index (χ2v) is 6.74. The zero-order chi connectivity index (χ0) is 14.2. The fourth-order valence-electron chi connectivity index (χ4n) is 2.64. The van der Waals surface area contributed by atoms with Crippen LogP contribution in [0.4, 0.5) is 10.9 Å². The van der Waals surface area contributed by atoms with Crippen LogP contribution in [0.3, 0.4) is 0 Å². The number of likely N-dealkylation sites (tertiary alicyclic amines) is 1. The van der Waals surface area contributed by atoms with Gasteiger partial charge < -0.3 is 15.5 Å². The number of aromatic nitrogens is 1. The van der Waals surface area contributed by atoms with Crippen molar-refractivity contribution >= 4 is 28.2 Å². The monoisotopic (exact) mass is 282 g/mol. The lowest BCUT2D eigenvalue weighted by atomic mass is 9.92.